The molecule has 1 aliphatic heterocycles. The first kappa shape index (κ1) is 12.4. The van der Waals surface area contributed by atoms with Gasteiger partial charge in [-0.25, -0.2) is 4.98 Å². The van der Waals surface area contributed by atoms with Crippen molar-refractivity contribution in [2.45, 2.75) is 39.2 Å². The maximum atomic E-state index is 10.8. The lowest BCUT2D eigenvalue weighted by Gasteiger charge is -2.45. The highest BCUT2D eigenvalue weighted by atomic mass is 32.2. The Morgan fingerprint density at radius 1 is 1.50 bits per heavy atom. The van der Waals surface area contributed by atoms with Gasteiger partial charge in [0, 0.05) is 23.2 Å². The van der Waals surface area contributed by atoms with E-state index < -0.39 is 5.60 Å². The largest absolute Gasteiger partial charge is 0.388 e. The van der Waals surface area contributed by atoms with Crippen molar-refractivity contribution in [3.05, 3.63) is 16.1 Å². The molecule has 2 nitrogen and oxygen atoms in total. The predicted octanol–water partition coefficient (Wildman–Crippen LogP) is 2.89. The smallest absolute Gasteiger partial charge is 0.0957 e. The molecule has 0 radical (unpaired) electrons. The fourth-order valence-electron chi connectivity index (χ4n) is 2.02. The first-order valence-corrected chi connectivity index (χ1v) is 7.68. The summed E-state index contributed by atoms with van der Waals surface area (Å²) in [6, 6.07) is 0. The van der Waals surface area contributed by atoms with E-state index in [1.54, 1.807) is 11.3 Å². The summed E-state index contributed by atoms with van der Waals surface area (Å²) in [5.41, 5.74) is 0.461. The highest BCUT2D eigenvalue weighted by Gasteiger charge is 2.45. The van der Waals surface area contributed by atoms with Crippen molar-refractivity contribution in [2.24, 2.45) is 5.41 Å². The second-order valence-corrected chi connectivity index (χ2v) is 7.33. The van der Waals surface area contributed by atoms with Gasteiger partial charge in [0.25, 0.3) is 0 Å². The van der Waals surface area contributed by atoms with Gasteiger partial charge < -0.3 is 5.11 Å². The number of thiazole rings is 1. The Hall–Kier alpha value is -0.0600. The maximum absolute atomic E-state index is 10.8. The Bertz CT molecular complexity index is 375. The Morgan fingerprint density at radius 2 is 2.25 bits per heavy atom. The van der Waals surface area contributed by atoms with Crippen LogP contribution in [0.3, 0.4) is 0 Å². The van der Waals surface area contributed by atoms with Crippen LogP contribution in [0.2, 0.25) is 0 Å². The van der Waals surface area contributed by atoms with Gasteiger partial charge in [-0.15, -0.1) is 11.3 Å². The van der Waals surface area contributed by atoms with Gasteiger partial charge >= 0.3 is 0 Å². The van der Waals surface area contributed by atoms with Crippen LogP contribution in [0.5, 0.6) is 0 Å². The van der Waals surface area contributed by atoms with Crippen molar-refractivity contribution in [3.63, 3.8) is 0 Å². The minimum atomic E-state index is -0.597. The van der Waals surface area contributed by atoms with Gasteiger partial charge in [0.15, 0.2) is 0 Å². The van der Waals surface area contributed by atoms with Gasteiger partial charge in [0.2, 0.25) is 0 Å². The molecule has 0 bridgehead atoms. The second-order valence-electron chi connectivity index (χ2n) is 5.28. The van der Waals surface area contributed by atoms with Gasteiger partial charge in [-0.1, -0.05) is 13.8 Å². The molecule has 2 rings (SSSR count). The molecule has 0 saturated carbocycles. The van der Waals surface area contributed by atoms with E-state index >= 15 is 0 Å². The normalized spacial score (nSPS) is 29.2. The van der Waals surface area contributed by atoms with E-state index in [9.17, 15) is 5.11 Å². The number of aromatic nitrogens is 1. The van der Waals surface area contributed by atoms with Gasteiger partial charge in [-0.2, -0.15) is 11.8 Å². The minimum Gasteiger partial charge on any atom is -0.388 e. The lowest BCUT2D eigenvalue weighted by molar-refractivity contribution is -0.0513. The summed E-state index contributed by atoms with van der Waals surface area (Å²) in [7, 11) is 0. The number of aliphatic hydroxyl groups is 1. The first-order valence-electron chi connectivity index (χ1n) is 5.64. The summed E-state index contributed by atoms with van der Waals surface area (Å²) < 4.78 is 0. The molecule has 0 amide bonds. The van der Waals surface area contributed by atoms with Crippen LogP contribution in [0.15, 0.2) is 5.38 Å². The zero-order valence-electron chi connectivity index (χ0n) is 10.1. The van der Waals surface area contributed by atoms with Crippen molar-refractivity contribution in [2.75, 3.05) is 11.5 Å². The molecule has 1 aliphatic rings. The second kappa shape index (κ2) is 4.31. The van der Waals surface area contributed by atoms with Crippen LogP contribution >= 0.6 is 23.1 Å². The standard InChI is InChI=1S/C12H19NOS2/c1-9-7-16-10(13-9)6-12(14)8-15-5-4-11(12,2)3/h7,14H,4-6,8H2,1-3H3. The Morgan fingerprint density at radius 3 is 2.81 bits per heavy atom. The molecule has 1 N–H and O–H groups in total. The molecule has 1 unspecified atom stereocenters. The molecular formula is C12H19NOS2. The predicted molar refractivity (Wildman–Crippen MR) is 71.2 cm³/mol. The monoisotopic (exact) mass is 257 g/mol. The summed E-state index contributed by atoms with van der Waals surface area (Å²) in [6.07, 6.45) is 1.78. The minimum absolute atomic E-state index is 0.00216. The number of aryl methyl sites for hydroxylation is 1. The summed E-state index contributed by atoms with van der Waals surface area (Å²) in [5, 5.41) is 13.9. The van der Waals surface area contributed by atoms with Gasteiger partial charge in [-0.05, 0) is 24.5 Å². The molecule has 1 saturated heterocycles. The third-order valence-corrected chi connectivity index (χ3v) is 5.72. The van der Waals surface area contributed by atoms with Crippen molar-refractivity contribution in [1.29, 1.82) is 0 Å². The zero-order chi connectivity index (χ0) is 11.8. The SMILES string of the molecule is Cc1csc(CC2(O)CSCCC2(C)C)n1. The molecule has 1 aromatic heterocycles. The first-order chi connectivity index (χ1) is 7.43. The molecule has 4 heteroatoms. The van der Waals surface area contributed by atoms with E-state index in [0.717, 1.165) is 28.6 Å². The van der Waals surface area contributed by atoms with Gasteiger partial charge in [0.1, 0.15) is 0 Å². The van der Waals surface area contributed by atoms with Crippen LogP contribution < -0.4 is 0 Å². The number of rotatable bonds is 2. The van der Waals surface area contributed by atoms with Gasteiger partial charge in [-0.3, -0.25) is 0 Å². The molecule has 1 fully saturated rings. The Labute approximate surface area is 105 Å². The fourth-order valence-corrected chi connectivity index (χ4v) is 4.53. The third-order valence-electron chi connectivity index (χ3n) is 3.58. The summed E-state index contributed by atoms with van der Waals surface area (Å²) in [5.74, 6) is 1.99. The van der Waals surface area contributed by atoms with Crippen molar-refractivity contribution >= 4 is 23.1 Å². The van der Waals surface area contributed by atoms with E-state index in [-0.39, 0.29) is 5.41 Å². The molecule has 1 atom stereocenters. The lowest BCUT2D eigenvalue weighted by atomic mass is 9.72. The van der Waals surface area contributed by atoms with Crippen LogP contribution in [-0.4, -0.2) is 27.2 Å². The van der Waals surface area contributed by atoms with Crippen LogP contribution in [0.1, 0.15) is 31.0 Å². The van der Waals surface area contributed by atoms with Crippen LogP contribution in [-0.2, 0) is 6.42 Å². The zero-order valence-corrected chi connectivity index (χ0v) is 11.7. The van der Waals surface area contributed by atoms with E-state index in [1.165, 1.54) is 0 Å². The molecular weight excluding hydrogens is 238 g/mol. The molecule has 1 aromatic rings. The van der Waals surface area contributed by atoms with E-state index in [4.69, 9.17) is 0 Å². The number of thioether (sulfide) groups is 1. The summed E-state index contributed by atoms with van der Waals surface area (Å²) in [6.45, 7) is 6.35. The Kier molecular flexibility index (Phi) is 3.34. The molecule has 90 valence electrons. The maximum Gasteiger partial charge on any atom is 0.0957 e. The molecule has 0 aliphatic carbocycles. The topological polar surface area (TPSA) is 33.1 Å². The summed E-state index contributed by atoms with van der Waals surface area (Å²) >= 11 is 3.52. The molecule has 0 spiro atoms. The molecule has 16 heavy (non-hydrogen) atoms. The summed E-state index contributed by atoms with van der Waals surface area (Å²) in [4.78, 5) is 4.46. The highest BCUT2D eigenvalue weighted by Crippen LogP contribution is 2.44. The van der Waals surface area contributed by atoms with E-state index in [0.29, 0.717) is 6.42 Å². The van der Waals surface area contributed by atoms with Crippen molar-refractivity contribution < 1.29 is 5.11 Å². The highest BCUT2D eigenvalue weighted by molar-refractivity contribution is 7.99. The average Bonchev–Trinajstić information content (AvgIpc) is 2.57. The van der Waals surface area contributed by atoms with E-state index in [1.807, 2.05) is 18.7 Å². The van der Waals surface area contributed by atoms with Crippen molar-refractivity contribution in [3.8, 4) is 0 Å². The third kappa shape index (κ3) is 2.29. The van der Waals surface area contributed by atoms with Gasteiger partial charge in [0.05, 0.1) is 10.6 Å². The number of nitrogens with zero attached hydrogens (tertiary/aromatic N) is 1. The molecule has 0 aromatic carbocycles. The van der Waals surface area contributed by atoms with E-state index in [2.05, 4.69) is 24.2 Å². The average molecular weight is 257 g/mol. The quantitative estimate of drug-likeness (QED) is 0.884. The van der Waals surface area contributed by atoms with Crippen LogP contribution in [0.4, 0.5) is 0 Å². The fraction of sp³-hybridized carbons (Fsp3) is 0.750. The van der Waals surface area contributed by atoms with Crippen molar-refractivity contribution in [1.82, 2.24) is 4.98 Å². The number of hydrogen-bond acceptors (Lipinski definition) is 4. The number of hydrogen-bond donors (Lipinski definition) is 1. The Balaban J connectivity index is 2.17. The lowest BCUT2D eigenvalue weighted by Crippen LogP contribution is -2.51. The molecule has 2 heterocycles. The van der Waals surface area contributed by atoms with Crippen LogP contribution in [0.25, 0.3) is 0 Å². The van der Waals surface area contributed by atoms with Crippen LogP contribution in [0, 0.1) is 12.3 Å².